The van der Waals surface area contributed by atoms with Crippen molar-refractivity contribution in [2.75, 3.05) is 6.54 Å². The van der Waals surface area contributed by atoms with Crippen LogP contribution in [0.3, 0.4) is 0 Å². The second kappa shape index (κ2) is 6.52. The fourth-order valence-corrected chi connectivity index (χ4v) is 1.71. The fourth-order valence-electron chi connectivity index (χ4n) is 1.23. The Hall–Kier alpha value is -0.190. The van der Waals surface area contributed by atoms with E-state index in [1.165, 1.54) is 12.1 Å². The molecule has 0 heterocycles. The summed E-state index contributed by atoms with van der Waals surface area (Å²) < 4.78 is 27.1. The van der Waals surface area contributed by atoms with Crippen molar-refractivity contribution in [3.8, 4) is 0 Å². The van der Waals surface area contributed by atoms with Gasteiger partial charge < -0.3 is 5.32 Å². The van der Waals surface area contributed by atoms with Gasteiger partial charge in [-0.25, -0.2) is 8.78 Å². The van der Waals surface area contributed by atoms with E-state index in [-0.39, 0.29) is 22.0 Å². The third kappa shape index (κ3) is 3.68. The molecule has 5 heteroatoms. The van der Waals surface area contributed by atoms with Crippen LogP contribution in [-0.2, 0) is 6.54 Å². The maximum Gasteiger partial charge on any atom is 0.144 e. The van der Waals surface area contributed by atoms with E-state index in [1.54, 1.807) is 0 Å². The molecule has 0 bridgehead atoms. The zero-order chi connectivity index (χ0) is 12.1. The van der Waals surface area contributed by atoms with Crippen LogP contribution in [0, 0.1) is 11.6 Å². The van der Waals surface area contributed by atoms with E-state index in [0.717, 1.165) is 6.42 Å². The van der Waals surface area contributed by atoms with Gasteiger partial charge in [-0.2, -0.15) is 0 Å². The summed E-state index contributed by atoms with van der Waals surface area (Å²) in [4.78, 5) is 0. The predicted molar refractivity (Wildman–Crippen MR) is 65.7 cm³/mol. The Bertz CT molecular complexity index is 360. The van der Waals surface area contributed by atoms with Crippen LogP contribution in [0.1, 0.15) is 18.9 Å². The lowest BCUT2D eigenvalue weighted by Crippen LogP contribution is -2.23. The van der Waals surface area contributed by atoms with Gasteiger partial charge in [0.05, 0.1) is 4.47 Å². The standard InChI is InChI=1S/C11H13BrClF2N/c1-2-7(13)5-16-6-8-10(14)4-3-9(12)11(8)15/h3-4,7,16H,2,5-6H2,1H3. The van der Waals surface area contributed by atoms with Crippen molar-refractivity contribution in [1.82, 2.24) is 5.32 Å². The van der Waals surface area contributed by atoms with Gasteiger partial charge >= 0.3 is 0 Å². The lowest BCUT2D eigenvalue weighted by Gasteiger charge is -2.10. The number of hydrogen-bond donors (Lipinski definition) is 1. The zero-order valence-corrected chi connectivity index (χ0v) is 11.2. The molecule has 0 saturated heterocycles. The molecule has 1 aromatic carbocycles. The van der Waals surface area contributed by atoms with Gasteiger partial charge in [0, 0.05) is 24.0 Å². The van der Waals surface area contributed by atoms with Crippen LogP contribution in [0.5, 0.6) is 0 Å². The summed E-state index contributed by atoms with van der Waals surface area (Å²) in [5, 5.41) is 2.91. The van der Waals surface area contributed by atoms with E-state index in [1.807, 2.05) is 6.92 Å². The van der Waals surface area contributed by atoms with Gasteiger partial charge in [-0.05, 0) is 34.5 Å². The second-order valence-corrected chi connectivity index (χ2v) is 4.93. The summed E-state index contributed by atoms with van der Waals surface area (Å²) >= 11 is 8.90. The topological polar surface area (TPSA) is 12.0 Å². The monoisotopic (exact) mass is 311 g/mol. The highest BCUT2D eigenvalue weighted by Gasteiger charge is 2.12. The Labute approximate surface area is 107 Å². The van der Waals surface area contributed by atoms with Crippen molar-refractivity contribution < 1.29 is 8.78 Å². The molecule has 0 aliphatic carbocycles. The summed E-state index contributed by atoms with van der Waals surface area (Å²) in [5.74, 6) is -1.11. The van der Waals surface area contributed by atoms with Crippen molar-refractivity contribution in [2.45, 2.75) is 25.3 Å². The average molecular weight is 313 g/mol. The predicted octanol–water partition coefficient (Wildman–Crippen LogP) is 3.83. The van der Waals surface area contributed by atoms with Crippen molar-refractivity contribution in [1.29, 1.82) is 0 Å². The average Bonchev–Trinajstić information content (AvgIpc) is 2.28. The van der Waals surface area contributed by atoms with Crippen LogP contribution >= 0.6 is 27.5 Å². The Morgan fingerprint density at radius 2 is 2.12 bits per heavy atom. The molecule has 0 aliphatic heterocycles. The summed E-state index contributed by atoms with van der Waals surface area (Å²) in [6.45, 7) is 2.63. The van der Waals surface area contributed by atoms with Crippen molar-refractivity contribution in [2.24, 2.45) is 0 Å². The minimum absolute atomic E-state index is 0.0155. The molecule has 1 aromatic rings. The molecule has 90 valence electrons. The van der Waals surface area contributed by atoms with Crippen molar-refractivity contribution in [3.63, 3.8) is 0 Å². The van der Waals surface area contributed by atoms with Crippen molar-refractivity contribution >= 4 is 27.5 Å². The van der Waals surface area contributed by atoms with Crippen LogP contribution in [0.2, 0.25) is 0 Å². The maximum atomic E-state index is 13.5. The second-order valence-electron chi connectivity index (χ2n) is 3.46. The third-order valence-corrected chi connectivity index (χ3v) is 3.32. The van der Waals surface area contributed by atoms with Crippen LogP contribution in [-0.4, -0.2) is 11.9 Å². The Balaban J connectivity index is 2.63. The molecular formula is C11H13BrClF2N. The summed E-state index contributed by atoms with van der Waals surface area (Å²) in [5.41, 5.74) is 0.0364. The minimum Gasteiger partial charge on any atom is -0.311 e. The minimum atomic E-state index is -0.560. The van der Waals surface area contributed by atoms with E-state index in [4.69, 9.17) is 11.6 Å². The molecule has 16 heavy (non-hydrogen) atoms. The number of nitrogens with one attached hydrogen (secondary N) is 1. The summed E-state index contributed by atoms with van der Waals surface area (Å²) in [7, 11) is 0. The van der Waals surface area contributed by atoms with Gasteiger partial charge in [0.25, 0.3) is 0 Å². The van der Waals surface area contributed by atoms with Crippen LogP contribution in [0.25, 0.3) is 0 Å². The SMILES string of the molecule is CCC(Cl)CNCc1c(F)ccc(Br)c1F. The smallest absolute Gasteiger partial charge is 0.144 e. The molecule has 0 aromatic heterocycles. The summed E-state index contributed by atoms with van der Waals surface area (Å²) in [6, 6.07) is 2.59. The molecule has 0 fully saturated rings. The fraction of sp³-hybridized carbons (Fsp3) is 0.455. The maximum absolute atomic E-state index is 13.5. The molecule has 1 unspecified atom stereocenters. The molecule has 0 aliphatic rings. The number of rotatable bonds is 5. The van der Waals surface area contributed by atoms with Gasteiger partial charge in [0.2, 0.25) is 0 Å². The van der Waals surface area contributed by atoms with E-state index in [9.17, 15) is 8.78 Å². The first-order valence-electron chi connectivity index (χ1n) is 5.03. The van der Waals surface area contributed by atoms with Gasteiger partial charge in [-0.3, -0.25) is 0 Å². The molecule has 0 radical (unpaired) electrons. The van der Waals surface area contributed by atoms with Crippen molar-refractivity contribution in [3.05, 3.63) is 33.8 Å². The third-order valence-electron chi connectivity index (χ3n) is 2.25. The Kier molecular flexibility index (Phi) is 5.66. The molecule has 1 nitrogen and oxygen atoms in total. The Morgan fingerprint density at radius 1 is 1.44 bits per heavy atom. The van der Waals surface area contributed by atoms with E-state index >= 15 is 0 Å². The number of hydrogen-bond acceptors (Lipinski definition) is 1. The first-order chi connectivity index (χ1) is 7.56. The van der Waals surface area contributed by atoms with E-state index in [0.29, 0.717) is 6.54 Å². The van der Waals surface area contributed by atoms with Gasteiger partial charge in [0.15, 0.2) is 0 Å². The van der Waals surface area contributed by atoms with E-state index in [2.05, 4.69) is 21.2 Å². The molecule has 0 amide bonds. The summed E-state index contributed by atoms with van der Waals surface area (Å²) in [6.07, 6.45) is 0.817. The molecule has 0 spiro atoms. The first-order valence-corrected chi connectivity index (χ1v) is 6.26. The van der Waals surface area contributed by atoms with Crippen LogP contribution < -0.4 is 5.32 Å². The van der Waals surface area contributed by atoms with Crippen LogP contribution in [0.15, 0.2) is 16.6 Å². The van der Waals surface area contributed by atoms with Gasteiger partial charge in [-0.15, -0.1) is 11.6 Å². The van der Waals surface area contributed by atoms with Gasteiger partial charge in [0.1, 0.15) is 11.6 Å². The molecule has 1 N–H and O–H groups in total. The lowest BCUT2D eigenvalue weighted by molar-refractivity contribution is 0.529. The normalized spacial score (nSPS) is 12.8. The highest BCUT2D eigenvalue weighted by molar-refractivity contribution is 9.10. The lowest BCUT2D eigenvalue weighted by atomic mass is 10.2. The largest absolute Gasteiger partial charge is 0.311 e. The number of benzene rings is 1. The van der Waals surface area contributed by atoms with Gasteiger partial charge in [-0.1, -0.05) is 6.92 Å². The highest BCUT2D eigenvalue weighted by atomic mass is 79.9. The molecule has 1 atom stereocenters. The molecule has 0 saturated carbocycles. The quantitative estimate of drug-likeness (QED) is 0.643. The Morgan fingerprint density at radius 3 is 2.75 bits per heavy atom. The first kappa shape index (κ1) is 13.9. The van der Waals surface area contributed by atoms with E-state index < -0.39 is 11.6 Å². The number of alkyl halides is 1. The number of halogens is 4. The molecule has 1 rings (SSSR count). The molecular weight excluding hydrogens is 299 g/mol. The highest BCUT2D eigenvalue weighted by Crippen LogP contribution is 2.21. The van der Waals surface area contributed by atoms with Crippen LogP contribution in [0.4, 0.5) is 8.78 Å². The zero-order valence-electron chi connectivity index (χ0n) is 8.87.